The van der Waals surface area contributed by atoms with Gasteiger partial charge in [-0.2, -0.15) is 10.1 Å². The van der Waals surface area contributed by atoms with E-state index in [1.807, 2.05) is 6.07 Å². The van der Waals surface area contributed by atoms with Crippen LogP contribution in [0, 0.1) is 5.92 Å². The predicted octanol–water partition coefficient (Wildman–Crippen LogP) is 3.00. The summed E-state index contributed by atoms with van der Waals surface area (Å²) < 4.78 is 0.771. The first kappa shape index (κ1) is 19.7. The summed E-state index contributed by atoms with van der Waals surface area (Å²) in [6.45, 7) is 1.64. The SMILES string of the molecule is CC1=NN(c2ccccc2)C(=O)[C@H]1/C=C1/C(=O)NC(=O)N(c2ccc(Br)cc2)C1=O. The molecule has 9 heteroatoms. The molecule has 4 rings (SSSR count). The smallest absolute Gasteiger partial charge is 0.273 e. The van der Waals surface area contributed by atoms with E-state index in [2.05, 4.69) is 26.3 Å². The Labute approximate surface area is 180 Å². The third-order valence-electron chi connectivity index (χ3n) is 4.70. The van der Waals surface area contributed by atoms with Crippen LogP contribution in [-0.2, 0) is 14.4 Å². The van der Waals surface area contributed by atoms with Crippen LogP contribution >= 0.6 is 15.9 Å². The number of nitrogens with zero attached hydrogens (tertiary/aromatic N) is 3. The Bertz CT molecular complexity index is 1130. The maximum atomic E-state index is 13.0. The van der Waals surface area contributed by atoms with Crippen LogP contribution in [0.3, 0.4) is 0 Å². The number of hydrogen-bond acceptors (Lipinski definition) is 5. The van der Waals surface area contributed by atoms with Crippen molar-refractivity contribution in [2.75, 3.05) is 9.91 Å². The van der Waals surface area contributed by atoms with E-state index in [9.17, 15) is 19.2 Å². The number of benzene rings is 2. The van der Waals surface area contributed by atoms with E-state index in [4.69, 9.17) is 0 Å². The number of barbiturate groups is 1. The van der Waals surface area contributed by atoms with Gasteiger partial charge in [0.05, 0.1) is 23.0 Å². The van der Waals surface area contributed by atoms with Gasteiger partial charge in [-0.15, -0.1) is 0 Å². The molecule has 0 aromatic heterocycles. The second-order valence-electron chi connectivity index (χ2n) is 6.66. The third kappa shape index (κ3) is 3.43. The van der Waals surface area contributed by atoms with Gasteiger partial charge in [-0.25, -0.2) is 9.69 Å². The monoisotopic (exact) mass is 466 g/mol. The minimum Gasteiger partial charge on any atom is -0.273 e. The molecule has 0 spiro atoms. The molecule has 0 saturated carbocycles. The topological polar surface area (TPSA) is 99.2 Å². The Balaban J connectivity index is 1.67. The van der Waals surface area contributed by atoms with Gasteiger partial charge in [0.25, 0.3) is 17.7 Å². The quantitative estimate of drug-likeness (QED) is 0.554. The fraction of sp³-hybridized carbons (Fsp3) is 0.0952. The highest BCUT2D eigenvalue weighted by Gasteiger charge is 2.40. The van der Waals surface area contributed by atoms with Crippen molar-refractivity contribution in [3.63, 3.8) is 0 Å². The molecule has 2 heterocycles. The Kier molecular flexibility index (Phi) is 5.04. The first-order chi connectivity index (χ1) is 14.4. The normalized spacial score (nSPS) is 20.7. The van der Waals surface area contributed by atoms with E-state index in [0.29, 0.717) is 17.1 Å². The highest BCUT2D eigenvalue weighted by molar-refractivity contribution is 9.10. The molecule has 2 aliphatic rings. The molecular weight excluding hydrogens is 452 g/mol. The van der Waals surface area contributed by atoms with Gasteiger partial charge in [0.1, 0.15) is 5.57 Å². The summed E-state index contributed by atoms with van der Waals surface area (Å²) in [5, 5.41) is 7.65. The van der Waals surface area contributed by atoms with Crippen molar-refractivity contribution >= 4 is 56.8 Å². The third-order valence-corrected chi connectivity index (χ3v) is 5.23. The number of para-hydroxylation sites is 1. The van der Waals surface area contributed by atoms with E-state index in [-0.39, 0.29) is 11.5 Å². The zero-order valence-corrected chi connectivity index (χ0v) is 17.3. The van der Waals surface area contributed by atoms with Gasteiger partial charge in [-0.1, -0.05) is 34.1 Å². The second kappa shape index (κ2) is 7.68. The number of nitrogens with one attached hydrogen (secondary N) is 1. The molecular formula is C21H15BrN4O4. The summed E-state index contributed by atoms with van der Waals surface area (Å²) in [7, 11) is 0. The van der Waals surface area contributed by atoms with Crippen LogP contribution in [0.4, 0.5) is 16.2 Å². The van der Waals surface area contributed by atoms with Crippen molar-refractivity contribution in [1.29, 1.82) is 0 Å². The number of carbonyl (C=O) groups is 4. The van der Waals surface area contributed by atoms with Gasteiger partial charge < -0.3 is 0 Å². The van der Waals surface area contributed by atoms with E-state index >= 15 is 0 Å². The van der Waals surface area contributed by atoms with Crippen molar-refractivity contribution in [1.82, 2.24) is 5.32 Å². The molecule has 150 valence electrons. The zero-order chi connectivity index (χ0) is 21.4. The van der Waals surface area contributed by atoms with Gasteiger partial charge in [0.15, 0.2) is 0 Å². The summed E-state index contributed by atoms with van der Waals surface area (Å²) in [5.74, 6) is -2.93. The molecule has 5 amide bonds. The number of hydrazone groups is 1. The van der Waals surface area contributed by atoms with E-state index in [1.165, 1.54) is 11.1 Å². The summed E-state index contributed by atoms with van der Waals surface area (Å²) in [6, 6.07) is 14.5. The van der Waals surface area contributed by atoms with Crippen LogP contribution in [-0.4, -0.2) is 29.5 Å². The van der Waals surface area contributed by atoms with E-state index in [1.54, 1.807) is 55.5 Å². The fourth-order valence-corrected chi connectivity index (χ4v) is 3.46. The summed E-state index contributed by atoms with van der Waals surface area (Å²) in [6.07, 6.45) is 1.26. The van der Waals surface area contributed by atoms with Crippen LogP contribution in [0.15, 0.2) is 75.8 Å². The highest BCUT2D eigenvalue weighted by atomic mass is 79.9. The largest absolute Gasteiger partial charge is 0.335 e. The van der Waals surface area contributed by atoms with Gasteiger partial charge >= 0.3 is 6.03 Å². The summed E-state index contributed by atoms with van der Waals surface area (Å²) >= 11 is 3.29. The number of imide groups is 2. The van der Waals surface area contributed by atoms with E-state index in [0.717, 1.165) is 9.37 Å². The highest BCUT2D eigenvalue weighted by Crippen LogP contribution is 2.27. The first-order valence-electron chi connectivity index (χ1n) is 8.98. The zero-order valence-electron chi connectivity index (χ0n) is 15.7. The number of halogens is 1. The number of carbonyl (C=O) groups excluding carboxylic acids is 4. The van der Waals surface area contributed by atoms with Crippen LogP contribution in [0.1, 0.15) is 6.92 Å². The van der Waals surface area contributed by atoms with Gasteiger partial charge in [0, 0.05) is 4.47 Å². The van der Waals surface area contributed by atoms with Crippen LogP contribution in [0.25, 0.3) is 0 Å². The number of urea groups is 1. The molecule has 30 heavy (non-hydrogen) atoms. The van der Waals surface area contributed by atoms with Gasteiger partial charge in [-0.3, -0.25) is 19.7 Å². The molecule has 2 aliphatic heterocycles. The molecule has 2 aromatic carbocycles. The molecule has 0 unspecified atom stereocenters. The Hall–Kier alpha value is -3.59. The van der Waals surface area contributed by atoms with Crippen molar-refractivity contribution in [3.8, 4) is 0 Å². The number of amides is 5. The van der Waals surface area contributed by atoms with Crippen LogP contribution < -0.4 is 15.2 Å². The second-order valence-corrected chi connectivity index (χ2v) is 7.58. The maximum Gasteiger partial charge on any atom is 0.335 e. The lowest BCUT2D eigenvalue weighted by Gasteiger charge is -2.26. The maximum absolute atomic E-state index is 13.0. The van der Waals surface area contributed by atoms with Crippen molar-refractivity contribution in [2.24, 2.45) is 11.0 Å². The summed E-state index contributed by atoms with van der Waals surface area (Å²) in [4.78, 5) is 51.4. The Morgan fingerprint density at radius 1 is 0.967 bits per heavy atom. The van der Waals surface area contributed by atoms with Gasteiger partial charge in [-0.05, 0) is 49.4 Å². The molecule has 1 saturated heterocycles. The number of rotatable bonds is 3. The Morgan fingerprint density at radius 2 is 1.63 bits per heavy atom. The molecule has 0 bridgehead atoms. The Morgan fingerprint density at radius 3 is 2.30 bits per heavy atom. The molecule has 1 fully saturated rings. The lowest BCUT2D eigenvalue weighted by atomic mass is 9.98. The van der Waals surface area contributed by atoms with Crippen molar-refractivity contribution < 1.29 is 19.2 Å². The molecule has 1 atom stereocenters. The lowest BCUT2D eigenvalue weighted by Crippen LogP contribution is -2.54. The van der Waals surface area contributed by atoms with Crippen LogP contribution in [0.2, 0.25) is 0 Å². The van der Waals surface area contributed by atoms with Crippen molar-refractivity contribution in [3.05, 3.63) is 70.7 Å². The average Bonchev–Trinajstić information content (AvgIpc) is 3.01. The standard InChI is InChI=1S/C21H15BrN4O4/c1-12-16(20(29)26(24-12)15-5-3-2-4-6-15)11-17-18(27)23-21(30)25(19(17)28)14-9-7-13(22)8-10-14/h2-11,16H,1H3,(H,23,27,30)/b17-11-/t16-/m0/s1. The minimum absolute atomic E-state index is 0.291. The summed E-state index contributed by atoms with van der Waals surface area (Å²) in [5.41, 5.74) is 1.02. The molecule has 0 aliphatic carbocycles. The van der Waals surface area contributed by atoms with Crippen molar-refractivity contribution in [2.45, 2.75) is 6.92 Å². The fourth-order valence-electron chi connectivity index (χ4n) is 3.19. The average molecular weight is 467 g/mol. The van der Waals surface area contributed by atoms with E-state index < -0.39 is 23.8 Å². The minimum atomic E-state index is -0.894. The lowest BCUT2D eigenvalue weighted by molar-refractivity contribution is -0.122. The molecule has 2 aromatic rings. The van der Waals surface area contributed by atoms with Gasteiger partial charge in [0.2, 0.25) is 0 Å². The predicted molar refractivity (Wildman–Crippen MR) is 114 cm³/mol. The van der Waals surface area contributed by atoms with Crippen LogP contribution in [0.5, 0.6) is 0 Å². The number of hydrogen-bond donors (Lipinski definition) is 1. The molecule has 0 radical (unpaired) electrons. The first-order valence-corrected chi connectivity index (χ1v) is 9.77. The molecule has 1 N–H and O–H groups in total. The number of anilines is 2. The molecule has 8 nitrogen and oxygen atoms in total.